The molecule has 2 aromatic carbocycles. The minimum absolute atomic E-state index is 0.00260. The minimum atomic E-state index is -0.228. The van der Waals surface area contributed by atoms with Crippen molar-refractivity contribution < 1.29 is 20.3 Å². The average Bonchev–Trinajstić information content (AvgIpc) is 2.54. The Hall–Kier alpha value is -3.01. The van der Waals surface area contributed by atoms with Gasteiger partial charge in [0.1, 0.15) is 5.75 Å². The summed E-state index contributed by atoms with van der Waals surface area (Å²) in [4.78, 5) is 0. The van der Waals surface area contributed by atoms with E-state index in [0.717, 1.165) is 0 Å². The van der Waals surface area contributed by atoms with E-state index in [1.807, 2.05) is 0 Å². The van der Waals surface area contributed by atoms with Gasteiger partial charge in [0.25, 0.3) is 0 Å². The van der Waals surface area contributed by atoms with Crippen LogP contribution in [-0.4, -0.2) is 17.5 Å². The third-order valence-electron chi connectivity index (χ3n) is 3.03. The van der Waals surface area contributed by atoms with Gasteiger partial charge in [0.2, 0.25) is 0 Å². The van der Waals surface area contributed by atoms with Crippen LogP contribution in [0.3, 0.4) is 0 Å². The van der Waals surface area contributed by atoms with Crippen LogP contribution in [0, 0.1) is 11.3 Å². The molecule has 0 atom stereocenters. The lowest BCUT2D eigenvalue weighted by Crippen LogP contribution is -2.10. The second-order valence-electron chi connectivity index (χ2n) is 4.42. The van der Waals surface area contributed by atoms with E-state index in [2.05, 4.69) is 6.07 Å². The molecule has 0 saturated heterocycles. The van der Waals surface area contributed by atoms with E-state index in [0.29, 0.717) is 16.7 Å². The van der Waals surface area contributed by atoms with Crippen LogP contribution in [0.5, 0.6) is 11.5 Å². The van der Waals surface area contributed by atoms with E-state index in [9.17, 15) is 10.4 Å². The molecule has 22 heavy (non-hydrogen) atoms. The highest BCUT2D eigenvalue weighted by molar-refractivity contribution is 5.90. The molecule has 6 heteroatoms. The normalized spacial score (nSPS) is 10.9. The van der Waals surface area contributed by atoms with Crippen LogP contribution in [0.15, 0.2) is 42.5 Å². The van der Waals surface area contributed by atoms with Crippen molar-refractivity contribution in [2.24, 2.45) is 0 Å². The topological polar surface area (TPSA) is 99.8 Å². The zero-order valence-corrected chi connectivity index (χ0v) is 11.7. The molecular weight excluding hydrogens is 284 g/mol. The molecule has 0 aromatic heterocycles. The lowest BCUT2D eigenvalue weighted by atomic mass is 10.0. The van der Waals surface area contributed by atoms with Gasteiger partial charge in [0, 0.05) is 0 Å². The summed E-state index contributed by atoms with van der Waals surface area (Å²) in [5.41, 5.74) is 1.81. The molecular formula is C16H13N2O4-. The van der Waals surface area contributed by atoms with Crippen molar-refractivity contribution in [1.29, 1.82) is 5.26 Å². The highest BCUT2D eigenvalue weighted by atomic mass is 16.8. The molecule has 0 aliphatic carbocycles. The van der Waals surface area contributed by atoms with Crippen molar-refractivity contribution in [2.45, 2.75) is 0 Å². The smallest absolute Gasteiger partial charge is 0.111 e. The Bertz CT molecular complexity index is 731. The molecule has 6 nitrogen and oxygen atoms in total. The van der Waals surface area contributed by atoms with Crippen molar-refractivity contribution in [3.63, 3.8) is 0 Å². The molecule has 0 heterocycles. The Balaban J connectivity index is 2.37. The van der Waals surface area contributed by atoms with Gasteiger partial charge in [0.15, 0.2) is 0 Å². The van der Waals surface area contributed by atoms with Crippen LogP contribution in [-0.2, 0) is 0 Å². The Kier molecular flexibility index (Phi) is 4.63. The van der Waals surface area contributed by atoms with E-state index in [1.54, 1.807) is 30.3 Å². The number of ether oxygens (including phenoxy) is 1. The van der Waals surface area contributed by atoms with Crippen LogP contribution in [0.2, 0.25) is 0 Å². The summed E-state index contributed by atoms with van der Waals surface area (Å²) in [5.74, 6) is -0.0221. The van der Waals surface area contributed by atoms with E-state index < -0.39 is 0 Å². The first kappa shape index (κ1) is 15.4. The van der Waals surface area contributed by atoms with Crippen LogP contribution < -0.4 is 15.1 Å². The van der Waals surface area contributed by atoms with E-state index >= 15 is 0 Å². The van der Waals surface area contributed by atoms with Crippen molar-refractivity contribution >= 4 is 17.3 Å². The highest BCUT2D eigenvalue weighted by Crippen LogP contribution is 2.27. The molecule has 0 bridgehead atoms. The summed E-state index contributed by atoms with van der Waals surface area (Å²) in [5, 5.41) is 38.5. The summed E-state index contributed by atoms with van der Waals surface area (Å²) in [6, 6.07) is 12.7. The Labute approximate surface area is 127 Å². The number of rotatable bonds is 4. The number of benzene rings is 2. The molecule has 112 valence electrons. The first-order valence-electron chi connectivity index (χ1n) is 6.30. The maximum absolute atomic E-state index is 11.5. The number of methoxy groups -OCH3 is 1. The van der Waals surface area contributed by atoms with Gasteiger partial charge < -0.3 is 9.84 Å². The number of allylic oxidation sites excluding steroid dienone is 1. The molecule has 0 aliphatic rings. The van der Waals surface area contributed by atoms with E-state index in [1.165, 1.54) is 25.3 Å². The zero-order valence-electron chi connectivity index (χ0n) is 11.7. The second kappa shape index (κ2) is 6.63. The quantitative estimate of drug-likeness (QED) is 0.510. The predicted molar refractivity (Wildman–Crippen MR) is 78.4 cm³/mol. The Morgan fingerprint density at radius 2 is 1.91 bits per heavy atom. The molecule has 0 aliphatic heterocycles. The van der Waals surface area contributed by atoms with Crippen LogP contribution in [0.4, 0.5) is 5.69 Å². The van der Waals surface area contributed by atoms with Gasteiger partial charge in [-0.15, -0.1) is 5.23 Å². The van der Waals surface area contributed by atoms with Crippen molar-refractivity contribution in [2.75, 3.05) is 12.3 Å². The standard InChI is InChI=1S/C16H14N2O4/c1-22-16-9-11(2-7-15(16)19)8-13(10-17)12-3-5-14(6-4-12)18(20)21/h2-9,19-21H,1H3/p-1/b13-8+. The first-order valence-corrected chi connectivity index (χ1v) is 6.30. The van der Waals surface area contributed by atoms with Gasteiger partial charge in [-0.05, 0) is 35.4 Å². The SMILES string of the molecule is COc1cc(/C=C(\C#N)c2ccc(N(O)O)cc2)ccc1[O-]. The molecule has 0 spiro atoms. The minimum Gasteiger partial charge on any atom is -0.870 e. The lowest BCUT2D eigenvalue weighted by Gasteiger charge is -2.12. The molecule has 2 aromatic rings. The molecule has 2 N–H and O–H groups in total. The van der Waals surface area contributed by atoms with Crippen molar-refractivity contribution in [1.82, 2.24) is 0 Å². The number of nitriles is 1. The van der Waals surface area contributed by atoms with Gasteiger partial charge in [-0.25, -0.2) is 0 Å². The van der Waals surface area contributed by atoms with E-state index in [4.69, 9.17) is 15.2 Å². The summed E-state index contributed by atoms with van der Waals surface area (Å²) in [7, 11) is 1.41. The zero-order chi connectivity index (χ0) is 16.1. The van der Waals surface area contributed by atoms with Gasteiger partial charge in [-0.1, -0.05) is 30.0 Å². The summed E-state index contributed by atoms with van der Waals surface area (Å²) >= 11 is 0. The fourth-order valence-electron chi connectivity index (χ4n) is 1.90. The summed E-state index contributed by atoms with van der Waals surface area (Å²) < 4.78 is 4.96. The second-order valence-corrected chi connectivity index (χ2v) is 4.42. The Morgan fingerprint density at radius 3 is 2.45 bits per heavy atom. The molecule has 0 radical (unpaired) electrons. The maximum atomic E-state index is 11.5. The predicted octanol–water partition coefficient (Wildman–Crippen LogP) is 2.42. The Morgan fingerprint density at radius 1 is 1.23 bits per heavy atom. The van der Waals surface area contributed by atoms with Gasteiger partial charge in [-0.2, -0.15) is 5.26 Å². The number of anilines is 1. The van der Waals surface area contributed by atoms with E-state index in [-0.39, 0.29) is 22.4 Å². The van der Waals surface area contributed by atoms with Gasteiger partial charge >= 0.3 is 0 Å². The highest BCUT2D eigenvalue weighted by Gasteiger charge is 2.04. The summed E-state index contributed by atoms with van der Waals surface area (Å²) in [6.45, 7) is 0. The third-order valence-corrected chi connectivity index (χ3v) is 3.03. The van der Waals surface area contributed by atoms with Crippen molar-refractivity contribution in [3.05, 3.63) is 53.6 Å². The van der Waals surface area contributed by atoms with Gasteiger partial charge in [0.05, 0.1) is 24.4 Å². The maximum Gasteiger partial charge on any atom is 0.111 e. The van der Waals surface area contributed by atoms with Crippen LogP contribution in [0.1, 0.15) is 11.1 Å². The van der Waals surface area contributed by atoms with Crippen LogP contribution >= 0.6 is 0 Å². The largest absolute Gasteiger partial charge is 0.870 e. The molecule has 0 unspecified atom stereocenters. The number of hydrogen-bond donors (Lipinski definition) is 2. The molecule has 0 fully saturated rings. The average molecular weight is 297 g/mol. The fraction of sp³-hybridized carbons (Fsp3) is 0.0625. The first-order chi connectivity index (χ1) is 10.5. The molecule has 0 amide bonds. The van der Waals surface area contributed by atoms with Crippen LogP contribution in [0.25, 0.3) is 11.6 Å². The fourth-order valence-corrected chi connectivity index (χ4v) is 1.90. The lowest BCUT2D eigenvalue weighted by molar-refractivity contribution is -0.270. The molecule has 2 rings (SSSR count). The third kappa shape index (κ3) is 3.35. The number of nitrogens with zero attached hydrogens (tertiary/aromatic N) is 2. The molecule has 0 saturated carbocycles. The summed E-state index contributed by atoms with van der Waals surface area (Å²) in [6.07, 6.45) is 1.62. The van der Waals surface area contributed by atoms with Crippen molar-refractivity contribution in [3.8, 4) is 17.6 Å². The number of hydrogen-bond acceptors (Lipinski definition) is 6. The monoisotopic (exact) mass is 297 g/mol. The van der Waals surface area contributed by atoms with Gasteiger partial charge in [-0.3, -0.25) is 10.4 Å².